The summed E-state index contributed by atoms with van der Waals surface area (Å²) in [6, 6.07) is -1.89. The van der Waals surface area contributed by atoms with E-state index in [1.807, 2.05) is 5.32 Å². The zero-order chi connectivity index (χ0) is 13.1. The summed E-state index contributed by atoms with van der Waals surface area (Å²) in [5, 5.41) is 10.6. The summed E-state index contributed by atoms with van der Waals surface area (Å²) in [5.74, 6) is -2.59. The number of hydrogen-bond acceptors (Lipinski definition) is 2. The smallest absolute Gasteiger partial charge is 0.391 e. The van der Waals surface area contributed by atoms with E-state index < -0.39 is 30.5 Å². The lowest BCUT2D eigenvalue weighted by atomic mass is 10.1. The maximum Gasteiger partial charge on any atom is 0.391 e. The van der Waals surface area contributed by atoms with Crippen LogP contribution in [0, 0.1) is 5.92 Å². The predicted molar refractivity (Wildman–Crippen MR) is 52.2 cm³/mol. The maximum absolute atomic E-state index is 12.1. The molecule has 1 aliphatic rings. The van der Waals surface area contributed by atoms with E-state index in [0.29, 0.717) is 12.8 Å². The second kappa shape index (κ2) is 5.37. The second-order valence-electron chi connectivity index (χ2n) is 4.20. The first-order valence-electron chi connectivity index (χ1n) is 5.39. The molecule has 0 aromatic rings. The summed E-state index contributed by atoms with van der Waals surface area (Å²) in [4.78, 5) is 22.1. The van der Waals surface area contributed by atoms with Gasteiger partial charge in [-0.2, -0.15) is 13.2 Å². The van der Waals surface area contributed by atoms with Crippen LogP contribution in [0.4, 0.5) is 13.2 Å². The molecule has 1 saturated carbocycles. The van der Waals surface area contributed by atoms with Gasteiger partial charge in [0.25, 0.3) is 0 Å². The van der Waals surface area contributed by atoms with Crippen molar-refractivity contribution in [1.82, 2.24) is 5.32 Å². The number of carboxylic acids is 1. The number of carbonyl (C=O) groups is 2. The first-order valence-corrected chi connectivity index (χ1v) is 5.39. The minimum absolute atomic E-state index is 0.343. The van der Waals surface area contributed by atoms with Gasteiger partial charge in [0.05, 0.1) is 6.42 Å². The number of hydrogen-bond donors (Lipinski definition) is 2. The summed E-state index contributed by atoms with van der Waals surface area (Å²) >= 11 is 0. The van der Waals surface area contributed by atoms with Crippen LogP contribution in [0.1, 0.15) is 32.1 Å². The Morgan fingerprint density at radius 2 is 1.82 bits per heavy atom. The van der Waals surface area contributed by atoms with Crippen molar-refractivity contribution < 1.29 is 27.9 Å². The average Bonchev–Trinajstić information content (AvgIpc) is 2.66. The molecule has 0 aliphatic heterocycles. The fourth-order valence-corrected chi connectivity index (χ4v) is 1.91. The normalized spacial score (nSPS) is 19.0. The van der Waals surface area contributed by atoms with Crippen LogP contribution in [-0.4, -0.2) is 29.2 Å². The molecule has 0 radical (unpaired) electrons. The third-order valence-electron chi connectivity index (χ3n) is 2.78. The molecule has 17 heavy (non-hydrogen) atoms. The number of alkyl halides is 3. The van der Waals surface area contributed by atoms with Crippen LogP contribution in [0.5, 0.6) is 0 Å². The van der Waals surface area contributed by atoms with E-state index in [1.54, 1.807) is 0 Å². The van der Waals surface area contributed by atoms with Crippen molar-refractivity contribution in [1.29, 1.82) is 0 Å². The number of aliphatic carboxylic acids is 1. The minimum atomic E-state index is -4.61. The van der Waals surface area contributed by atoms with Gasteiger partial charge in [0.15, 0.2) is 0 Å². The van der Waals surface area contributed by atoms with E-state index >= 15 is 0 Å². The third kappa shape index (κ3) is 4.62. The van der Waals surface area contributed by atoms with E-state index in [0.717, 1.165) is 12.8 Å². The van der Waals surface area contributed by atoms with Gasteiger partial charge < -0.3 is 10.4 Å². The second-order valence-corrected chi connectivity index (χ2v) is 4.20. The molecule has 4 nitrogen and oxygen atoms in total. The molecular weight excluding hydrogens is 239 g/mol. The predicted octanol–water partition coefficient (Wildman–Crippen LogP) is 1.70. The number of rotatable bonds is 4. The topological polar surface area (TPSA) is 66.4 Å². The molecule has 98 valence electrons. The molecule has 1 aliphatic carbocycles. The molecule has 0 aromatic heterocycles. The van der Waals surface area contributed by atoms with Crippen molar-refractivity contribution >= 4 is 11.9 Å². The van der Waals surface area contributed by atoms with E-state index in [4.69, 9.17) is 5.11 Å². The van der Waals surface area contributed by atoms with Crippen molar-refractivity contribution in [2.45, 2.75) is 44.3 Å². The monoisotopic (exact) mass is 253 g/mol. The molecule has 1 rings (SSSR count). The first kappa shape index (κ1) is 13.8. The molecule has 1 fully saturated rings. The van der Waals surface area contributed by atoms with Crippen molar-refractivity contribution in [3.63, 3.8) is 0 Å². The summed E-state index contributed by atoms with van der Waals surface area (Å²) in [6.45, 7) is 0. The van der Waals surface area contributed by atoms with Crippen LogP contribution in [0.2, 0.25) is 0 Å². The molecule has 1 amide bonds. The van der Waals surface area contributed by atoms with Gasteiger partial charge in [-0.25, -0.2) is 4.79 Å². The number of carbonyl (C=O) groups excluding carboxylic acids is 1. The molecule has 1 unspecified atom stereocenters. The molecule has 1 atom stereocenters. The van der Waals surface area contributed by atoms with E-state index in [1.165, 1.54) is 0 Å². The Morgan fingerprint density at radius 1 is 1.29 bits per heavy atom. The molecule has 2 N–H and O–H groups in total. The highest BCUT2D eigenvalue weighted by Gasteiger charge is 2.37. The highest BCUT2D eigenvalue weighted by atomic mass is 19.4. The van der Waals surface area contributed by atoms with Crippen LogP contribution in [0.25, 0.3) is 0 Å². The van der Waals surface area contributed by atoms with Crippen LogP contribution in [-0.2, 0) is 9.59 Å². The quantitative estimate of drug-likeness (QED) is 0.801. The van der Waals surface area contributed by atoms with Gasteiger partial charge in [0, 0.05) is 5.92 Å². The van der Waals surface area contributed by atoms with Crippen molar-refractivity contribution in [3.8, 4) is 0 Å². The molecule has 0 bridgehead atoms. The lowest BCUT2D eigenvalue weighted by Crippen LogP contribution is -2.45. The van der Waals surface area contributed by atoms with Gasteiger partial charge >= 0.3 is 12.1 Å². The van der Waals surface area contributed by atoms with Crippen LogP contribution >= 0.6 is 0 Å². The fraction of sp³-hybridized carbons (Fsp3) is 0.800. The van der Waals surface area contributed by atoms with Gasteiger partial charge in [0.2, 0.25) is 5.91 Å². The summed E-state index contributed by atoms with van der Waals surface area (Å²) < 4.78 is 36.2. The standard InChI is InChI=1S/C10H14F3NO3/c11-10(12,13)5-7(9(16)17)14-8(15)6-3-1-2-4-6/h6-7H,1-5H2,(H,14,15)(H,16,17). The average molecular weight is 253 g/mol. The van der Waals surface area contributed by atoms with Crippen LogP contribution < -0.4 is 5.32 Å². The third-order valence-corrected chi connectivity index (χ3v) is 2.78. The number of carboxylic acid groups (broad SMARTS) is 1. The lowest BCUT2D eigenvalue weighted by Gasteiger charge is -2.18. The SMILES string of the molecule is O=C(NC(CC(F)(F)F)C(=O)O)C1CCCC1. The Balaban J connectivity index is 2.54. The Bertz CT molecular complexity index is 298. The van der Waals surface area contributed by atoms with Crippen molar-refractivity contribution in [3.05, 3.63) is 0 Å². The number of nitrogens with one attached hydrogen (secondary N) is 1. The maximum atomic E-state index is 12.1. The molecule has 0 heterocycles. The Kier molecular flexibility index (Phi) is 4.36. The summed E-state index contributed by atoms with van der Waals surface area (Å²) in [6.07, 6.45) is -3.20. The highest BCUT2D eigenvalue weighted by Crippen LogP contribution is 2.26. The minimum Gasteiger partial charge on any atom is -0.480 e. The van der Waals surface area contributed by atoms with Crippen LogP contribution in [0.15, 0.2) is 0 Å². The Labute approximate surface area is 96.2 Å². The largest absolute Gasteiger partial charge is 0.480 e. The van der Waals surface area contributed by atoms with Gasteiger partial charge in [-0.3, -0.25) is 4.79 Å². The van der Waals surface area contributed by atoms with Gasteiger partial charge in [-0.05, 0) is 12.8 Å². The van der Waals surface area contributed by atoms with Gasteiger partial charge in [-0.15, -0.1) is 0 Å². The molecule has 0 aromatic carbocycles. The van der Waals surface area contributed by atoms with Crippen LogP contribution in [0.3, 0.4) is 0 Å². The first-order chi connectivity index (χ1) is 7.79. The van der Waals surface area contributed by atoms with Gasteiger partial charge in [-0.1, -0.05) is 12.8 Å². The molecular formula is C10H14F3NO3. The summed E-state index contributed by atoms with van der Waals surface area (Å²) in [5.41, 5.74) is 0. The highest BCUT2D eigenvalue weighted by molar-refractivity contribution is 5.85. The van der Waals surface area contributed by atoms with Gasteiger partial charge in [0.1, 0.15) is 6.04 Å². The van der Waals surface area contributed by atoms with Crippen molar-refractivity contribution in [2.75, 3.05) is 0 Å². The zero-order valence-corrected chi connectivity index (χ0v) is 9.09. The fourth-order valence-electron chi connectivity index (χ4n) is 1.91. The van der Waals surface area contributed by atoms with E-state index in [2.05, 4.69) is 0 Å². The molecule has 0 saturated heterocycles. The molecule has 0 spiro atoms. The number of amides is 1. The molecule has 7 heteroatoms. The Morgan fingerprint density at radius 3 is 2.24 bits per heavy atom. The van der Waals surface area contributed by atoms with Crippen molar-refractivity contribution in [2.24, 2.45) is 5.92 Å². The van der Waals surface area contributed by atoms with E-state index in [9.17, 15) is 22.8 Å². The Hall–Kier alpha value is -1.27. The summed E-state index contributed by atoms with van der Waals surface area (Å²) in [7, 11) is 0. The zero-order valence-electron chi connectivity index (χ0n) is 9.09. The van der Waals surface area contributed by atoms with E-state index in [-0.39, 0.29) is 5.92 Å². The number of halogens is 3. The lowest BCUT2D eigenvalue weighted by molar-refractivity contribution is -0.160.